The zero-order chi connectivity index (χ0) is 11.3. The number of aromatic nitrogens is 2. The van der Waals surface area contributed by atoms with Gasteiger partial charge in [-0.3, -0.25) is 0 Å². The Balaban J connectivity index is 2.43. The van der Waals surface area contributed by atoms with Crippen LogP contribution in [0.1, 0.15) is 19.7 Å². The van der Waals surface area contributed by atoms with Gasteiger partial charge < -0.3 is 10.9 Å². The van der Waals surface area contributed by atoms with Crippen molar-refractivity contribution in [1.29, 1.82) is 0 Å². The minimum absolute atomic E-state index is 0.0361. The Bertz CT molecular complexity index is 339. The van der Waals surface area contributed by atoms with Crippen LogP contribution in [-0.2, 0) is 6.42 Å². The lowest BCUT2D eigenvalue weighted by molar-refractivity contribution is 0.315. The van der Waals surface area contributed by atoms with E-state index < -0.39 is 0 Å². The fraction of sp³-hybridized carbons (Fsp3) is 0.625. The van der Waals surface area contributed by atoms with Crippen LogP contribution in [0.3, 0.4) is 0 Å². The average molecular weight is 246 g/mol. The van der Waals surface area contributed by atoms with E-state index in [0.717, 1.165) is 22.3 Å². The van der Waals surface area contributed by atoms with Crippen molar-refractivity contribution in [2.24, 2.45) is 16.8 Å². The molecule has 1 heterocycles. The Morgan fingerprint density at radius 1 is 1.73 bits per heavy atom. The first kappa shape index (κ1) is 12.3. The summed E-state index contributed by atoms with van der Waals surface area (Å²) in [5.41, 5.74) is 5.47. The number of nitrogens with two attached hydrogens (primary N) is 1. The van der Waals surface area contributed by atoms with Crippen LogP contribution in [0.2, 0.25) is 0 Å². The van der Waals surface area contributed by atoms with Gasteiger partial charge in [-0.2, -0.15) is 4.37 Å². The topological polar surface area (TPSA) is 84.4 Å². The quantitative estimate of drug-likeness (QED) is 0.271. The van der Waals surface area contributed by atoms with Gasteiger partial charge in [-0.1, -0.05) is 30.8 Å². The molecule has 84 valence electrons. The predicted octanol–water partition coefficient (Wildman–Crippen LogP) is 1.58. The second kappa shape index (κ2) is 5.92. The van der Waals surface area contributed by atoms with E-state index in [0.29, 0.717) is 0 Å². The highest BCUT2D eigenvalue weighted by Gasteiger charge is 2.10. The van der Waals surface area contributed by atoms with Crippen LogP contribution in [0, 0.1) is 5.92 Å². The van der Waals surface area contributed by atoms with Crippen LogP contribution in [-0.4, -0.2) is 26.2 Å². The molecular formula is C8H14N4OS2. The zero-order valence-corrected chi connectivity index (χ0v) is 10.3. The molecule has 0 amide bonds. The smallest absolute Gasteiger partial charge is 0.170 e. The van der Waals surface area contributed by atoms with Gasteiger partial charge in [-0.05, 0) is 11.5 Å². The van der Waals surface area contributed by atoms with Crippen molar-refractivity contribution in [3.63, 3.8) is 0 Å². The van der Waals surface area contributed by atoms with Crippen molar-refractivity contribution >= 4 is 29.1 Å². The predicted molar refractivity (Wildman–Crippen MR) is 62.6 cm³/mol. The first-order valence-corrected chi connectivity index (χ1v) is 6.36. The number of amidine groups is 1. The van der Waals surface area contributed by atoms with Crippen LogP contribution in [0.4, 0.5) is 0 Å². The minimum Gasteiger partial charge on any atom is -0.409 e. The molecule has 15 heavy (non-hydrogen) atoms. The van der Waals surface area contributed by atoms with Gasteiger partial charge in [0.05, 0.1) is 0 Å². The fourth-order valence-electron chi connectivity index (χ4n) is 0.820. The van der Waals surface area contributed by atoms with E-state index in [1.54, 1.807) is 11.8 Å². The maximum atomic E-state index is 8.47. The molecule has 0 aromatic carbocycles. The fourth-order valence-corrected chi connectivity index (χ4v) is 2.58. The molecule has 1 aromatic rings. The van der Waals surface area contributed by atoms with Gasteiger partial charge in [0.2, 0.25) is 0 Å². The molecule has 0 aliphatic carbocycles. The van der Waals surface area contributed by atoms with Gasteiger partial charge in [0.25, 0.3) is 0 Å². The summed E-state index contributed by atoms with van der Waals surface area (Å²) in [6, 6.07) is 0. The first-order chi connectivity index (χ1) is 7.17. The lowest BCUT2D eigenvalue weighted by Gasteiger charge is -2.06. The highest BCUT2D eigenvalue weighted by atomic mass is 32.2. The van der Waals surface area contributed by atoms with Crippen LogP contribution in [0.15, 0.2) is 9.50 Å². The van der Waals surface area contributed by atoms with Crippen molar-refractivity contribution in [3.8, 4) is 0 Å². The molecule has 0 spiro atoms. The molecule has 0 bridgehead atoms. The second-order valence-electron chi connectivity index (χ2n) is 3.07. The summed E-state index contributed by atoms with van der Waals surface area (Å²) in [6.45, 7) is 3.93. The van der Waals surface area contributed by atoms with Crippen LogP contribution in [0.5, 0.6) is 0 Å². The van der Waals surface area contributed by atoms with Gasteiger partial charge in [-0.25, -0.2) is 4.98 Å². The third kappa shape index (κ3) is 3.67. The number of hydrogen-bond acceptors (Lipinski definition) is 6. The van der Waals surface area contributed by atoms with Crippen LogP contribution in [0.25, 0.3) is 0 Å². The minimum atomic E-state index is 0.0361. The van der Waals surface area contributed by atoms with E-state index in [1.165, 1.54) is 11.5 Å². The lowest BCUT2D eigenvalue weighted by atomic mass is 10.2. The number of rotatable bonds is 5. The molecule has 0 fully saturated rings. The Hall–Kier alpha value is -0.820. The first-order valence-electron chi connectivity index (χ1n) is 4.60. The zero-order valence-electron chi connectivity index (χ0n) is 8.67. The standard InChI is InChI=1S/C8H14N4OS2/c1-3-6-10-8(15-12-6)14-4-5(2)7(9)11-13/h5,13H,3-4H2,1-2H3,(H2,9,11). The molecule has 0 saturated heterocycles. The molecular weight excluding hydrogens is 232 g/mol. The van der Waals surface area contributed by atoms with Crippen molar-refractivity contribution in [1.82, 2.24) is 9.36 Å². The van der Waals surface area contributed by atoms with Crippen molar-refractivity contribution in [2.75, 3.05) is 5.75 Å². The molecule has 3 N–H and O–H groups in total. The van der Waals surface area contributed by atoms with Gasteiger partial charge in [0.1, 0.15) is 11.7 Å². The van der Waals surface area contributed by atoms with E-state index in [4.69, 9.17) is 10.9 Å². The SMILES string of the molecule is CCc1nsc(SCC(C)C(N)=NO)n1. The molecule has 1 atom stereocenters. The molecule has 1 unspecified atom stereocenters. The molecule has 0 aliphatic rings. The monoisotopic (exact) mass is 246 g/mol. The van der Waals surface area contributed by atoms with Crippen molar-refractivity contribution in [2.45, 2.75) is 24.6 Å². The van der Waals surface area contributed by atoms with Crippen molar-refractivity contribution in [3.05, 3.63) is 5.82 Å². The van der Waals surface area contributed by atoms with Crippen molar-refractivity contribution < 1.29 is 5.21 Å². The summed E-state index contributed by atoms with van der Waals surface area (Å²) in [5, 5.41) is 11.4. The van der Waals surface area contributed by atoms with E-state index in [1.807, 2.05) is 13.8 Å². The number of oxime groups is 1. The Morgan fingerprint density at radius 3 is 3.00 bits per heavy atom. The summed E-state index contributed by atoms with van der Waals surface area (Å²) in [4.78, 5) is 4.31. The van der Waals surface area contributed by atoms with Crippen LogP contribution >= 0.6 is 23.3 Å². The van der Waals surface area contributed by atoms with E-state index >= 15 is 0 Å². The molecule has 0 saturated carbocycles. The number of thioether (sulfide) groups is 1. The second-order valence-corrected chi connectivity index (χ2v) is 5.09. The average Bonchev–Trinajstić information content (AvgIpc) is 2.72. The van der Waals surface area contributed by atoms with E-state index in [-0.39, 0.29) is 11.8 Å². The lowest BCUT2D eigenvalue weighted by Crippen LogP contribution is -2.22. The third-order valence-electron chi connectivity index (χ3n) is 1.84. The number of aryl methyl sites for hydroxylation is 1. The van der Waals surface area contributed by atoms with Gasteiger partial charge in [0, 0.05) is 18.1 Å². The van der Waals surface area contributed by atoms with E-state index in [9.17, 15) is 0 Å². The summed E-state index contributed by atoms with van der Waals surface area (Å²) in [6.07, 6.45) is 0.854. The highest BCUT2D eigenvalue weighted by molar-refractivity contribution is 8.00. The summed E-state index contributed by atoms with van der Waals surface area (Å²) in [5.74, 6) is 1.91. The normalized spacial score (nSPS) is 14.1. The molecule has 0 radical (unpaired) electrons. The molecule has 5 nitrogen and oxygen atoms in total. The summed E-state index contributed by atoms with van der Waals surface area (Å²) >= 11 is 2.98. The van der Waals surface area contributed by atoms with Gasteiger partial charge >= 0.3 is 0 Å². The molecule has 1 rings (SSSR count). The number of hydrogen-bond donors (Lipinski definition) is 2. The van der Waals surface area contributed by atoms with Gasteiger partial charge in [0.15, 0.2) is 4.34 Å². The Labute approximate surface area is 96.9 Å². The Morgan fingerprint density at radius 2 is 2.47 bits per heavy atom. The maximum Gasteiger partial charge on any atom is 0.170 e. The van der Waals surface area contributed by atoms with Crippen LogP contribution < -0.4 is 5.73 Å². The summed E-state index contributed by atoms with van der Waals surface area (Å²) < 4.78 is 5.11. The highest BCUT2D eigenvalue weighted by Crippen LogP contribution is 2.22. The third-order valence-corrected chi connectivity index (χ3v) is 3.97. The van der Waals surface area contributed by atoms with E-state index in [2.05, 4.69) is 14.5 Å². The number of nitrogens with zero attached hydrogens (tertiary/aromatic N) is 3. The largest absolute Gasteiger partial charge is 0.409 e. The molecule has 0 aliphatic heterocycles. The van der Waals surface area contributed by atoms with Gasteiger partial charge in [-0.15, -0.1) is 0 Å². The summed E-state index contributed by atoms with van der Waals surface area (Å²) in [7, 11) is 0. The maximum absolute atomic E-state index is 8.47. The molecule has 1 aromatic heterocycles. The Kier molecular flexibility index (Phi) is 4.83. The molecule has 7 heteroatoms.